The van der Waals surface area contributed by atoms with Gasteiger partial charge in [-0.1, -0.05) is 6.07 Å². The molecule has 0 bridgehead atoms. The van der Waals surface area contributed by atoms with E-state index in [2.05, 4.69) is 20.9 Å². The molecule has 7 heteroatoms. The molecule has 0 spiro atoms. The molecule has 0 saturated heterocycles. The highest BCUT2D eigenvalue weighted by Gasteiger charge is 2.21. The fraction of sp³-hybridized carbons (Fsp3) is 0.333. The van der Waals surface area contributed by atoms with E-state index in [1.165, 1.54) is 18.5 Å². The largest absolute Gasteiger partial charge is 0.506 e. The van der Waals surface area contributed by atoms with Crippen molar-refractivity contribution in [3.8, 4) is 17.0 Å². The summed E-state index contributed by atoms with van der Waals surface area (Å²) in [6, 6.07) is 7.88. The molecule has 1 aromatic carbocycles. The molecule has 1 aliphatic carbocycles. The Kier molecular flexibility index (Phi) is 4.47. The summed E-state index contributed by atoms with van der Waals surface area (Å²) < 4.78 is 2.14. The molecule has 1 saturated carbocycles. The molecular formula is C21H23N3O4. The number of aryl methyl sites for hydroxylation is 1. The van der Waals surface area contributed by atoms with Crippen LogP contribution >= 0.6 is 0 Å². The molecule has 4 N–H and O–H groups in total. The molecule has 3 aromatic rings. The first-order valence-corrected chi connectivity index (χ1v) is 9.35. The van der Waals surface area contributed by atoms with Crippen LogP contribution in [0.15, 0.2) is 29.1 Å². The number of fused-ring (bicyclic) bond motifs is 1. The normalized spacial score (nSPS) is 13.9. The number of carbonyl (C=O) groups is 1. The fourth-order valence-corrected chi connectivity index (χ4v) is 3.63. The predicted molar refractivity (Wildman–Crippen MR) is 107 cm³/mol. The number of H-pyrrole nitrogens is 1. The molecule has 0 atom stereocenters. The summed E-state index contributed by atoms with van der Waals surface area (Å²) >= 11 is 0. The Morgan fingerprint density at radius 1 is 1.32 bits per heavy atom. The summed E-state index contributed by atoms with van der Waals surface area (Å²) in [5.74, 6) is -1.12. The zero-order valence-electron chi connectivity index (χ0n) is 15.9. The molecule has 28 heavy (non-hydrogen) atoms. The number of hydrogen-bond donors (Lipinski definition) is 4. The van der Waals surface area contributed by atoms with Gasteiger partial charge in [-0.15, -0.1) is 0 Å². The topological polar surface area (TPSA) is 107 Å². The van der Waals surface area contributed by atoms with Crippen molar-refractivity contribution in [1.82, 2.24) is 14.9 Å². The van der Waals surface area contributed by atoms with E-state index in [9.17, 15) is 14.7 Å². The monoisotopic (exact) mass is 381 g/mol. The van der Waals surface area contributed by atoms with Gasteiger partial charge in [0.2, 0.25) is 0 Å². The van der Waals surface area contributed by atoms with Crippen LogP contribution in [0.3, 0.4) is 0 Å². The Labute approximate surface area is 161 Å². The molecule has 0 unspecified atom stereocenters. The maximum atomic E-state index is 12.1. The van der Waals surface area contributed by atoms with Gasteiger partial charge in [0.25, 0.3) is 5.56 Å². The van der Waals surface area contributed by atoms with E-state index < -0.39 is 22.8 Å². The van der Waals surface area contributed by atoms with Crippen molar-refractivity contribution in [3.63, 3.8) is 0 Å². The number of rotatable bonds is 6. The highest BCUT2D eigenvalue weighted by molar-refractivity contribution is 5.92. The molecule has 0 radical (unpaired) electrons. The lowest BCUT2D eigenvalue weighted by Gasteiger charge is -2.10. The van der Waals surface area contributed by atoms with Crippen LogP contribution in [0.2, 0.25) is 0 Å². The number of benzene rings is 1. The van der Waals surface area contributed by atoms with E-state index in [0.29, 0.717) is 11.3 Å². The zero-order valence-corrected chi connectivity index (χ0v) is 15.9. The van der Waals surface area contributed by atoms with E-state index in [4.69, 9.17) is 5.11 Å². The highest BCUT2D eigenvalue weighted by atomic mass is 16.4. The smallest absolute Gasteiger partial charge is 0.345 e. The Balaban J connectivity index is 1.71. The summed E-state index contributed by atoms with van der Waals surface area (Å²) in [6.07, 6.45) is 2.63. The van der Waals surface area contributed by atoms with E-state index in [-0.39, 0.29) is 0 Å². The summed E-state index contributed by atoms with van der Waals surface area (Å²) in [7, 11) is 2.02. The molecule has 7 nitrogen and oxygen atoms in total. The van der Waals surface area contributed by atoms with E-state index in [0.717, 1.165) is 35.5 Å². The average Bonchev–Trinajstić information content (AvgIpc) is 3.42. The molecule has 0 aliphatic heterocycles. The fourth-order valence-electron chi connectivity index (χ4n) is 3.63. The second-order valence-corrected chi connectivity index (χ2v) is 7.53. The van der Waals surface area contributed by atoms with Gasteiger partial charge in [-0.2, -0.15) is 0 Å². The van der Waals surface area contributed by atoms with Crippen LogP contribution in [0.4, 0.5) is 0 Å². The van der Waals surface area contributed by atoms with Gasteiger partial charge in [-0.05, 0) is 56.0 Å². The number of carboxylic acid groups (broad SMARTS) is 1. The molecule has 0 amide bonds. The maximum Gasteiger partial charge on any atom is 0.345 e. The van der Waals surface area contributed by atoms with Gasteiger partial charge in [0.1, 0.15) is 5.75 Å². The van der Waals surface area contributed by atoms with Gasteiger partial charge in [-0.25, -0.2) is 4.79 Å². The SMILES string of the molecule is Cc1c(-c2ccc3c(c2)cc(CNCC2CC2)n3C)[nH]c(=O)c(C(=O)O)c1O. The number of aromatic carboxylic acids is 1. The first kappa shape index (κ1) is 18.3. The standard InChI is InChI=1S/C21H23N3O4/c1-11-18(23-20(26)17(19(11)25)21(27)28)13-5-6-16-14(7-13)8-15(24(16)2)10-22-9-12-3-4-12/h5-8,12,22H,3-4,9-10H2,1-2H3,(H,27,28)(H2,23,25,26). The minimum atomic E-state index is -1.45. The molecule has 146 valence electrons. The van der Waals surface area contributed by atoms with E-state index in [1.54, 1.807) is 6.92 Å². The number of hydrogen-bond acceptors (Lipinski definition) is 4. The van der Waals surface area contributed by atoms with Crippen LogP contribution in [0, 0.1) is 12.8 Å². The van der Waals surface area contributed by atoms with Crippen LogP contribution in [0.5, 0.6) is 5.75 Å². The lowest BCUT2D eigenvalue weighted by molar-refractivity contribution is 0.0691. The second-order valence-electron chi connectivity index (χ2n) is 7.53. The highest BCUT2D eigenvalue weighted by Crippen LogP contribution is 2.31. The van der Waals surface area contributed by atoms with Crippen molar-refractivity contribution in [2.45, 2.75) is 26.3 Å². The van der Waals surface area contributed by atoms with Crippen LogP contribution in [-0.4, -0.2) is 32.3 Å². The van der Waals surface area contributed by atoms with Crippen molar-refractivity contribution in [2.24, 2.45) is 13.0 Å². The van der Waals surface area contributed by atoms with Crippen molar-refractivity contribution in [1.29, 1.82) is 0 Å². The van der Waals surface area contributed by atoms with Gasteiger partial charge >= 0.3 is 5.97 Å². The third-order valence-corrected chi connectivity index (χ3v) is 5.51. The molecular weight excluding hydrogens is 358 g/mol. The summed E-state index contributed by atoms with van der Waals surface area (Å²) in [4.78, 5) is 25.9. The second kappa shape index (κ2) is 6.83. The summed E-state index contributed by atoms with van der Waals surface area (Å²) in [5.41, 5.74) is 2.26. The number of aromatic nitrogens is 2. The van der Waals surface area contributed by atoms with Gasteiger partial charge in [-0.3, -0.25) is 4.79 Å². The van der Waals surface area contributed by atoms with Crippen LogP contribution in [0.1, 0.15) is 34.5 Å². The number of aromatic hydroxyl groups is 1. The van der Waals surface area contributed by atoms with Crippen LogP contribution < -0.4 is 10.9 Å². The molecule has 4 rings (SSSR count). The Morgan fingerprint density at radius 2 is 2.07 bits per heavy atom. The Bertz CT molecular complexity index is 1140. The van der Waals surface area contributed by atoms with Crippen LogP contribution in [-0.2, 0) is 13.6 Å². The van der Waals surface area contributed by atoms with Crippen molar-refractivity contribution in [3.05, 3.63) is 51.4 Å². The zero-order chi connectivity index (χ0) is 20.0. The number of nitrogens with one attached hydrogen (secondary N) is 2. The number of aromatic amines is 1. The quantitative estimate of drug-likeness (QED) is 0.525. The van der Waals surface area contributed by atoms with Gasteiger partial charge in [0, 0.05) is 35.8 Å². The van der Waals surface area contributed by atoms with Gasteiger partial charge < -0.3 is 25.1 Å². The average molecular weight is 381 g/mol. The van der Waals surface area contributed by atoms with Gasteiger partial charge in [0.05, 0.1) is 5.69 Å². The summed E-state index contributed by atoms with van der Waals surface area (Å²) in [6.45, 7) is 3.43. The number of pyridine rings is 1. The molecule has 1 fully saturated rings. The minimum Gasteiger partial charge on any atom is -0.506 e. The van der Waals surface area contributed by atoms with Crippen LogP contribution in [0.25, 0.3) is 22.2 Å². The van der Waals surface area contributed by atoms with E-state index >= 15 is 0 Å². The maximum absolute atomic E-state index is 12.1. The number of nitrogens with zero attached hydrogens (tertiary/aromatic N) is 1. The lowest BCUT2D eigenvalue weighted by Crippen LogP contribution is -2.19. The molecule has 2 heterocycles. The first-order valence-electron chi connectivity index (χ1n) is 9.35. The van der Waals surface area contributed by atoms with Crippen molar-refractivity contribution >= 4 is 16.9 Å². The predicted octanol–water partition coefficient (Wildman–Crippen LogP) is 2.75. The number of carboxylic acids is 1. The first-order chi connectivity index (χ1) is 13.4. The molecule has 1 aliphatic rings. The van der Waals surface area contributed by atoms with Crippen molar-refractivity contribution in [2.75, 3.05) is 6.54 Å². The molecule has 2 aromatic heterocycles. The Hall–Kier alpha value is -3.06. The minimum absolute atomic E-state index is 0.332. The third-order valence-electron chi connectivity index (χ3n) is 5.51. The third kappa shape index (κ3) is 3.18. The summed E-state index contributed by atoms with van der Waals surface area (Å²) in [5, 5.41) is 23.8. The van der Waals surface area contributed by atoms with E-state index in [1.807, 2.05) is 25.2 Å². The van der Waals surface area contributed by atoms with Gasteiger partial charge in [0.15, 0.2) is 5.56 Å². The lowest BCUT2D eigenvalue weighted by atomic mass is 10.0. The Morgan fingerprint density at radius 3 is 2.75 bits per heavy atom. The van der Waals surface area contributed by atoms with Crippen molar-refractivity contribution < 1.29 is 15.0 Å².